The predicted molar refractivity (Wildman–Crippen MR) is 187 cm³/mol. The molecule has 0 amide bonds. The summed E-state index contributed by atoms with van der Waals surface area (Å²) >= 11 is 0. The van der Waals surface area contributed by atoms with Crippen LogP contribution in [-0.2, 0) is 4.79 Å². The lowest BCUT2D eigenvalue weighted by molar-refractivity contribution is -0.134. The van der Waals surface area contributed by atoms with Gasteiger partial charge in [-0.2, -0.15) is 0 Å². The normalized spacial score (nSPS) is 11.3. The smallest absolute Gasteiger partial charge is 0.311 e. The molecule has 2 aromatic carbocycles. The van der Waals surface area contributed by atoms with Gasteiger partial charge in [-0.3, -0.25) is 9.59 Å². The number of carbonyl (C=O) groups is 1. The zero-order valence-electron chi connectivity index (χ0n) is 28.4. The van der Waals surface area contributed by atoms with Crippen molar-refractivity contribution in [2.45, 2.75) is 148 Å². The molecule has 260 valence electrons. The van der Waals surface area contributed by atoms with Gasteiger partial charge in [-0.05, 0) is 24.6 Å². The molecule has 1 aromatic heterocycles. The van der Waals surface area contributed by atoms with Crippen LogP contribution in [-0.4, -0.2) is 26.4 Å². The van der Waals surface area contributed by atoms with Crippen molar-refractivity contribution >= 4 is 16.9 Å². The fourth-order valence-corrected chi connectivity index (χ4v) is 6.08. The molecule has 0 aliphatic rings. The van der Waals surface area contributed by atoms with Gasteiger partial charge < -0.3 is 29.6 Å². The lowest BCUT2D eigenvalue weighted by Crippen LogP contribution is -2.16. The zero-order chi connectivity index (χ0) is 33.9. The van der Waals surface area contributed by atoms with Crippen LogP contribution in [0, 0.1) is 0 Å². The quantitative estimate of drug-likeness (QED) is 0.0426. The maximum absolute atomic E-state index is 13.3. The van der Waals surface area contributed by atoms with E-state index in [0.29, 0.717) is 6.42 Å². The molecule has 8 nitrogen and oxygen atoms in total. The Labute approximate surface area is 279 Å². The third-order valence-electron chi connectivity index (χ3n) is 8.86. The van der Waals surface area contributed by atoms with Gasteiger partial charge in [0.1, 0.15) is 22.5 Å². The molecule has 1 heterocycles. The molecule has 47 heavy (non-hydrogen) atoms. The molecule has 0 radical (unpaired) electrons. The monoisotopic (exact) mass is 652 g/mol. The molecule has 0 saturated carbocycles. The second-order valence-electron chi connectivity index (χ2n) is 12.9. The third-order valence-corrected chi connectivity index (χ3v) is 8.86. The standard InChI is InChI=1S/C39H56O8/c1-2-3-4-5-6-7-8-9-10-11-12-13-14-15-16-17-18-19-20-21-22-23-35(44)47-39-37(45)36-33(43)27-30(40)28-34(36)46-38(39)29-24-25-31(41)32(42)26-29/h24-28,40-43H,2-23H2,1H3. The molecule has 3 rings (SSSR count). The van der Waals surface area contributed by atoms with Crippen LogP contribution in [0.4, 0.5) is 0 Å². The van der Waals surface area contributed by atoms with Crippen LogP contribution >= 0.6 is 0 Å². The van der Waals surface area contributed by atoms with E-state index in [4.69, 9.17) is 9.15 Å². The minimum absolute atomic E-state index is 0.109. The van der Waals surface area contributed by atoms with Gasteiger partial charge in [0.15, 0.2) is 17.3 Å². The first-order valence-electron chi connectivity index (χ1n) is 18.1. The summed E-state index contributed by atoms with van der Waals surface area (Å²) < 4.78 is 11.3. The maximum Gasteiger partial charge on any atom is 0.311 e. The van der Waals surface area contributed by atoms with E-state index in [1.807, 2.05) is 0 Å². The highest BCUT2D eigenvalue weighted by Gasteiger charge is 2.23. The number of benzene rings is 2. The summed E-state index contributed by atoms with van der Waals surface area (Å²) in [7, 11) is 0. The first-order chi connectivity index (χ1) is 22.8. The highest BCUT2D eigenvalue weighted by atomic mass is 16.5. The van der Waals surface area contributed by atoms with Crippen molar-refractivity contribution < 1.29 is 34.4 Å². The van der Waals surface area contributed by atoms with Crippen molar-refractivity contribution in [3.8, 4) is 40.1 Å². The van der Waals surface area contributed by atoms with Gasteiger partial charge in [0.05, 0.1) is 0 Å². The van der Waals surface area contributed by atoms with E-state index >= 15 is 0 Å². The van der Waals surface area contributed by atoms with E-state index < -0.39 is 28.6 Å². The Kier molecular flexibility index (Phi) is 17.1. The van der Waals surface area contributed by atoms with Crippen molar-refractivity contribution in [1.82, 2.24) is 0 Å². The van der Waals surface area contributed by atoms with Crippen LogP contribution in [0.2, 0.25) is 0 Å². The van der Waals surface area contributed by atoms with Gasteiger partial charge >= 0.3 is 5.97 Å². The SMILES string of the molecule is CCCCCCCCCCCCCCCCCCCCCCCC(=O)Oc1c(-c2ccc(O)c(O)c2)oc2cc(O)cc(O)c2c1=O. The van der Waals surface area contributed by atoms with E-state index in [-0.39, 0.29) is 40.2 Å². The topological polar surface area (TPSA) is 137 Å². The number of hydrogen-bond donors (Lipinski definition) is 4. The van der Waals surface area contributed by atoms with Gasteiger partial charge in [0.2, 0.25) is 11.2 Å². The lowest BCUT2D eigenvalue weighted by Gasteiger charge is -2.12. The van der Waals surface area contributed by atoms with E-state index in [0.717, 1.165) is 31.4 Å². The molecule has 0 aliphatic carbocycles. The first kappa shape index (κ1) is 37.8. The lowest BCUT2D eigenvalue weighted by atomic mass is 10.0. The number of esters is 1. The van der Waals surface area contributed by atoms with Gasteiger partial charge in [-0.25, -0.2) is 0 Å². The molecule has 4 N–H and O–H groups in total. The first-order valence-corrected chi connectivity index (χ1v) is 18.1. The number of rotatable bonds is 24. The Bertz CT molecular complexity index is 1430. The van der Waals surface area contributed by atoms with Gasteiger partial charge in [-0.15, -0.1) is 0 Å². The fraction of sp³-hybridized carbons (Fsp3) is 0.590. The highest BCUT2D eigenvalue weighted by molar-refractivity contribution is 5.89. The number of carbonyl (C=O) groups excluding carboxylic acids is 1. The van der Waals surface area contributed by atoms with Gasteiger partial charge in [-0.1, -0.05) is 135 Å². The molecule has 0 aliphatic heterocycles. The van der Waals surface area contributed by atoms with Crippen LogP contribution < -0.4 is 10.2 Å². The molecule has 8 heteroatoms. The van der Waals surface area contributed by atoms with Crippen molar-refractivity contribution in [3.63, 3.8) is 0 Å². The molecule has 3 aromatic rings. The summed E-state index contributed by atoms with van der Waals surface area (Å²) in [5.74, 6) is -2.89. The molecule has 0 atom stereocenters. The van der Waals surface area contributed by atoms with Crippen LogP contribution in [0.5, 0.6) is 28.7 Å². The molecule has 0 spiro atoms. The summed E-state index contributed by atoms with van der Waals surface area (Å²) in [6, 6.07) is 5.92. The second-order valence-corrected chi connectivity index (χ2v) is 12.9. The minimum atomic E-state index is -0.793. The van der Waals surface area contributed by atoms with Gasteiger partial charge in [0.25, 0.3) is 0 Å². The Morgan fingerprint density at radius 2 is 1.11 bits per heavy atom. The second kappa shape index (κ2) is 21.2. The number of unbranched alkanes of at least 4 members (excludes halogenated alkanes) is 20. The van der Waals surface area contributed by atoms with Crippen molar-refractivity contribution in [2.24, 2.45) is 0 Å². The highest BCUT2D eigenvalue weighted by Crippen LogP contribution is 2.38. The van der Waals surface area contributed by atoms with Crippen LogP contribution in [0.1, 0.15) is 148 Å². The van der Waals surface area contributed by atoms with Crippen LogP contribution in [0.25, 0.3) is 22.3 Å². The largest absolute Gasteiger partial charge is 0.508 e. The molecular weight excluding hydrogens is 596 g/mol. The van der Waals surface area contributed by atoms with E-state index in [9.17, 15) is 30.0 Å². The Morgan fingerprint density at radius 3 is 1.60 bits per heavy atom. The molecular formula is C39H56O8. The van der Waals surface area contributed by atoms with Gasteiger partial charge in [0, 0.05) is 24.1 Å². The number of ether oxygens (including phenoxy) is 1. The number of phenols is 4. The van der Waals surface area contributed by atoms with E-state index in [2.05, 4.69) is 6.92 Å². The number of hydrogen-bond acceptors (Lipinski definition) is 8. The maximum atomic E-state index is 13.3. The number of phenolic OH excluding ortho intramolecular Hbond substituents is 4. The Morgan fingerprint density at radius 1 is 0.617 bits per heavy atom. The van der Waals surface area contributed by atoms with Crippen molar-refractivity contribution in [1.29, 1.82) is 0 Å². The van der Waals surface area contributed by atoms with Crippen molar-refractivity contribution in [2.75, 3.05) is 0 Å². The summed E-state index contributed by atoms with van der Waals surface area (Å²) in [6.45, 7) is 2.27. The van der Waals surface area contributed by atoms with Crippen LogP contribution in [0.3, 0.4) is 0 Å². The summed E-state index contributed by atoms with van der Waals surface area (Å²) in [6.07, 6.45) is 26.9. The Hall–Kier alpha value is -3.68. The predicted octanol–water partition coefficient (Wildman–Crippen LogP) is 10.8. The summed E-state index contributed by atoms with van der Waals surface area (Å²) in [4.78, 5) is 26.1. The molecule has 0 fully saturated rings. The van der Waals surface area contributed by atoms with Crippen molar-refractivity contribution in [3.05, 3.63) is 40.6 Å². The summed E-state index contributed by atoms with van der Waals surface area (Å²) in [5.41, 5.74) is -0.753. The number of aromatic hydroxyl groups is 4. The zero-order valence-corrected chi connectivity index (χ0v) is 28.4. The summed E-state index contributed by atoms with van der Waals surface area (Å²) in [5, 5.41) is 39.6. The van der Waals surface area contributed by atoms with E-state index in [1.54, 1.807) is 0 Å². The van der Waals surface area contributed by atoms with E-state index in [1.165, 1.54) is 127 Å². The average Bonchev–Trinajstić information content (AvgIpc) is 3.04. The average molecular weight is 653 g/mol. The molecule has 0 bridgehead atoms. The Balaban J connectivity index is 1.29. The fourth-order valence-electron chi connectivity index (χ4n) is 6.08. The molecule has 0 saturated heterocycles. The number of fused-ring (bicyclic) bond motifs is 1. The minimum Gasteiger partial charge on any atom is -0.508 e. The van der Waals surface area contributed by atoms with Crippen LogP contribution in [0.15, 0.2) is 39.5 Å². The third kappa shape index (κ3) is 13.2. The molecule has 0 unspecified atom stereocenters.